The number of anilines is 3. The predicted octanol–water partition coefficient (Wildman–Crippen LogP) is 1.09. The summed E-state index contributed by atoms with van der Waals surface area (Å²) in [6.07, 6.45) is 0.120. The zero-order chi connectivity index (χ0) is 33.1. The van der Waals surface area contributed by atoms with Gasteiger partial charge in [0.25, 0.3) is 5.91 Å². The smallest absolute Gasteiger partial charge is 0.319 e. The summed E-state index contributed by atoms with van der Waals surface area (Å²) in [5.74, 6) is -7.24. The fourth-order valence-corrected chi connectivity index (χ4v) is 6.80. The number of nitrogens with one attached hydrogen (secondary N) is 2. The molecule has 10 N–H and O–H groups in total. The van der Waals surface area contributed by atoms with Crippen LogP contribution < -0.4 is 27.0 Å². The molecule has 0 saturated carbocycles. The van der Waals surface area contributed by atoms with E-state index in [1.165, 1.54) is 4.90 Å². The molecule has 0 aromatic heterocycles. The number of amides is 3. The number of fused-ring (bicyclic) bond motifs is 3. The summed E-state index contributed by atoms with van der Waals surface area (Å²) in [7, 11) is 6.64. The zero-order valence-electron chi connectivity index (χ0n) is 25.2. The van der Waals surface area contributed by atoms with Gasteiger partial charge in [-0.25, -0.2) is 4.79 Å². The summed E-state index contributed by atoms with van der Waals surface area (Å²) in [6, 6.07) is 6.48. The first-order valence-electron chi connectivity index (χ1n) is 14.2. The van der Waals surface area contributed by atoms with Crippen molar-refractivity contribution in [2.75, 3.05) is 44.1 Å². The predicted molar refractivity (Wildman–Crippen MR) is 165 cm³/mol. The van der Waals surface area contributed by atoms with Crippen LogP contribution in [0.25, 0.3) is 0 Å². The van der Waals surface area contributed by atoms with E-state index in [4.69, 9.17) is 11.5 Å². The standard InChI is InChI=1S/C31H36N6O8/c1-36(2)19-11-14(12-34-30(44)35-16-7-5-15(32)6-8-16)24(38)21-17(19)9-13-10-18-23(37(3)4)26(40)22(29(33)43)28(42)31(18,45)27(41)20(13)25(21)39/h5-8,11,13,18,23,38,40-41,45H,9-10,12,32H2,1-4H3,(H2,33,43)(H2,34,35,44)/t13-,18-,23+,31-/m0/s1. The molecule has 4 atom stereocenters. The van der Waals surface area contributed by atoms with E-state index < -0.39 is 69.8 Å². The van der Waals surface area contributed by atoms with Crippen LogP contribution in [-0.2, 0) is 22.6 Å². The van der Waals surface area contributed by atoms with Gasteiger partial charge in [0.15, 0.2) is 11.4 Å². The molecule has 5 rings (SSSR count). The van der Waals surface area contributed by atoms with E-state index >= 15 is 0 Å². The van der Waals surface area contributed by atoms with Crippen LogP contribution in [0.15, 0.2) is 53.0 Å². The maximum Gasteiger partial charge on any atom is 0.319 e. The minimum absolute atomic E-state index is 0.0198. The quantitative estimate of drug-likeness (QED) is 0.168. The molecule has 14 nitrogen and oxygen atoms in total. The van der Waals surface area contributed by atoms with Gasteiger partial charge in [-0.05, 0) is 68.8 Å². The molecule has 0 aliphatic heterocycles. The minimum Gasteiger partial charge on any atom is -0.510 e. The molecule has 0 saturated heterocycles. The van der Waals surface area contributed by atoms with E-state index in [1.807, 2.05) is 0 Å². The van der Waals surface area contributed by atoms with E-state index in [2.05, 4.69) is 10.6 Å². The molecule has 3 aliphatic carbocycles. The number of hydrogen-bond donors (Lipinski definition) is 8. The number of aromatic hydroxyl groups is 1. The number of nitrogen functional groups attached to an aromatic ring is 1. The van der Waals surface area contributed by atoms with Gasteiger partial charge in [0.05, 0.1) is 11.6 Å². The van der Waals surface area contributed by atoms with E-state index in [0.717, 1.165) is 0 Å². The number of nitrogens with zero attached hydrogens (tertiary/aromatic N) is 2. The molecule has 0 heterocycles. The van der Waals surface area contributed by atoms with E-state index in [9.17, 15) is 39.6 Å². The van der Waals surface area contributed by atoms with Crippen LogP contribution in [0.4, 0.5) is 21.9 Å². The van der Waals surface area contributed by atoms with Crippen LogP contribution in [0, 0.1) is 11.8 Å². The van der Waals surface area contributed by atoms with Gasteiger partial charge in [0, 0.05) is 54.8 Å². The SMILES string of the molecule is CN(C)c1cc(CNC(=O)Nc2ccc(N)cc2)c(O)c2c1C[C@H]1C[C@H]3[C@@H](N(C)C)C(O)=C(C(N)=O)C(=O)[C@@]3(O)C(O)=C1C2=O. The Kier molecular flexibility index (Phi) is 7.75. The van der Waals surface area contributed by atoms with Crippen LogP contribution in [0.3, 0.4) is 0 Å². The molecular formula is C31H36N6O8. The number of aliphatic hydroxyl groups excluding tert-OH is 2. The van der Waals surface area contributed by atoms with Crippen molar-refractivity contribution in [1.82, 2.24) is 10.2 Å². The van der Waals surface area contributed by atoms with Crippen LogP contribution in [-0.4, -0.2) is 88.7 Å². The van der Waals surface area contributed by atoms with Gasteiger partial charge >= 0.3 is 6.03 Å². The van der Waals surface area contributed by atoms with Gasteiger partial charge in [0.2, 0.25) is 5.78 Å². The summed E-state index contributed by atoms with van der Waals surface area (Å²) in [5, 5.41) is 50.9. The highest BCUT2D eigenvalue weighted by Gasteiger charge is 2.63. The average Bonchev–Trinajstić information content (AvgIpc) is 2.95. The Bertz CT molecular complexity index is 1700. The summed E-state index contributed by atoms with van der Waals surface area (Å²) in [6.45, 7) is -0.177. The van der Waals surface area contributed by atoms with Crippen molar-refractivity contribution in [2.24, 2.45) is 17.6 Å². The Morgan fingerprint density at radius 3 is 2.29 bits per heavy atom. The van der Waals surface area contributed by atoms with Crippen molar-refractivity contribution in [1.29, 1.82) is 0 Å². The molecule has 3 amide bonds. The maximum absolute atomic E-state index is 14.1. The molecule has 0 fully saturated rings. The Morgan fingerprint density at radius 1 is 1.07 bits per heavy atom. The lowest BCUT2D eigenvalue weighted by atomic mass is 9.58. The molecule has 2 aromatic rings. The maximum atomic E-state index is 14.1. The van der Waals surface area contributed by atoms with E-state index in [-0.39, 0.29) is 36.1 Å². The number of allylic oxidation sites excluding steroid dienone is 1. The molecule has 0 unspecified atom stereocenters. The third kappa shape index (κ3) is 4.91. The summed E-state index contributed by atoms with van der Waals surface area (Å²) >= 11 is 0. The van der Waals surface area contributed by atoms with Crippen LogP contribution >= 0.6 is 0 Å². The largest absolute Gasteiger partial charge is 0.510 e. The minimum atomic E-state index is -2.73. The second-order valence-corrected chi connectivity index (χ2v) is 12.0. The second kappa shape index (κ2) is 11.1. The number of hydrogen-bond acceptors (Lipinski definition) is 11. The van der Waals surface area contributed by atoms with Crippen molar-refractivity contribution in [3.63, 3.8) is 0 Å². The van der Waals surface area contributed by atoms with Crippen molar-refractivity contribution in [2.45, 2.75) is 31.0 Å². The third-order valence-electron chi connectivity index (χ3n) is 8.87. The van der Waals surface area contributed by atoms with Crippen LogP contribution in [0.1, 0.15) is 27.9 Å². The average molecular weight is 621 g/mol. The van der Waals surface area contributed by atoms with Gasteiger partial charge in [-0.15, -0.1) is 0 Å². The van der Waals surface area contributed by atoms with Gasteiger partial charge in [-0.2, -0.15) is 0 Å². The van der Waals surface area contributed by atoms with E-state index in [1.54, 1.807) is 63.4 Å². The number of phenols is 1. The molecule has 238 valence electrons. The fourth-order valence-electron chi connectivity index (χ4n) is 6.80. The number of nitrogens with two attached hydrogens (primary N) is 2. The highest BCUT2D eigenvalue weighted by atomic mass is 16.3. The third-order valence-corrected chi connectivity index (χ3v) is 8.87. The molecule has 0 spiro atoms. The van der Waals surface area contributed by atoms with Crippen molar-refractivity contribution >= 4 is 40.6 Å². The summed E-state index contributed by atoms with van der Waals surface area (Å²) in [5.41, 5.74) is 9.34. The highest BCUT2D eigenvalue weighted by molar-refractivity contribution is 6.25. The number of likely N-dealkylation sites (N-methyl/N-ethyl adjacent to an activating group) is 1. The Labute approximate surface area is 258 Å². The van der Waals surface area contributed by atoms with Gasteiger partial charge in [-0.3, -0.25) is 19.3 Å². The van der Waals surface area contributed by atoms with Crippen LogP contribution in [0.5, 0.6) is 5.75 Å². The number of Topliss-reactive ketones (excluding diaryl/α,β-unsaturated/α-hetero) is 2. The highest BCUT2D eigenvalue weighted by Crippen LogP contribution is 2.53. The zero-order valence-corrected chi connectivity index (χ0v) is 25.2. The molecule has 0 radical (unpaired) electrons. The Morgan fingerprint density at radius 2 is 1.71 bits per heavy atom. The second-order valence-electron chi connectivity index (χ2n) is 12.0. The molecule has 45 heavy (non-hydrogen) atoms. The topological polar surface area (TPSA) is 232 Å². The lowest BCUT2D eigenvalue weighted by Crippen LogP contribution is -2.63. The first kappa shape index (κ1) is 31.3. The van der Waals surface area contributed by atoms with Gasteiger partial charge in [-0.1, -0.05) is 0 Å². The number of aliphatic hydroxyl groups is 3. The number of carbonyl (C=O) groups excluding carboxylic acids is 4. The molecule has 14 heteroatoms. The number of rotatable bonds is 6. The lowest BCUT2D eigenvalue weighted by molar-refractivity contribution is -0.148. The molecular weight excluding hydrogens is 584 g/mol. The first-order valence-corrected chi connectivity index (χ1v) is 14.2. The van der Waals surface area contributed by atoms with Crippen LogP contribution in [0.2, 0.25) is 0 Å². The molecule has 0 bridgehead atoms. The summed E-state index contributed by atoms with van der Waals surface area (Å²) in [4.78, 5) is 55.7. The van der Waals surface area contributed by atoms with Crippen molar-refractivity contribution < 1.29 is 39.6 Å². The molecule has 3 aliphatic rings. The van der Waals surface area contributed by atoms with Crippen molar-refractivity contribution in [3.05, 3.63) is 69.7 Å². The molecule has 2 aromatic carbocycles. The normalized spacial score (nSPS) is 24.2. The Balaban J connectivity index is 1.56. The number of benzene rings is 2. The summed E-state index contributed by atoms with van der Waals surface area (Å²) < 4.78 is 0. The number of phenolic OH excluding ortho intramolecular Hbond substituents is 1. The number of carbonyl (C=O) groups is 4. The first-order chi connectivity index (χ1) is 21.1. The number of urea groups is 1. The Hall–Kier alpha value is -5.08. The number of ketones is 2. The van der Waals surface area contributed by atoms with Gasteiger partial charge < -0.3 is 47.4 Å². The van der Waals surface area contributed by atoms with E-state index in [0.29, 0.717) is 22.6 Å². The monoisotopic (exact) mass is 620 g/mol. The van der Waals surface area contributed by atoms with Gasteiger partial charge in [0.1, 0.15) is 22.8 Å². The fraction of sp³-hybridized carbons (Fsp3) is 0.355. The number of primary amides is 1. The van der Waals surface area contributed by atoms with Crippen molar-refractivity contribution in [3.8, 4) is 5.75 Å². The lowest BCUT2D eigenvalue weighted by Gasteiger charge is -2.50.